The number of nitrogen functional groups attached to an aromatic ring is 1. The van der Waals surface area contributed by atoms with Crippen molar-refractivity contribution in [3.63, 3.8) is 0 Å². The van der Waals surface area contributed by atoms with Gasteiger partial charge in [-0.2, -0.15) is 0 Å². The minimum Gasteiger partial charge on any atom is -0.508 e. The Balaban J connectivity index is 1.72. The van der Waals surface area contributed by atoms with Crippen molar-refractivity contribution < 1.29 is 24.2 Å². The predicted molar refractivity (Wildman–Crippen MR) is 162 cm³/mol. The number of ether oxygens (including phenoxy) is 1. The Morgan fingerprint density at radius 1 is 1.05 bits per heavy atom. The van der Waals surface area contributed by atoms with Gasteiger partial charge in [0, 0.05) is 25.8 Å². The number of hydrogen-bond acceptors (Lipinski definition) is 6. The number of ketones is 1. The van der Waals surface area contributed by atoms with E-state index in [4.69, 9.17) is 10.5 Å². The van der Waals surface area contributed by atoms with E-state index in [1.54, 1.807) is 72.8 Å². The molecule has 0 saturated heterocycles. The summed E-state index contributed by atoms with van der Waals surface area (Å²) in [5.74, 6) is -0.359. The van der Waals surface area contributed by atoms with Crippen LogP contribution in [0.2, 0.25) is 0 Å². The molecule has 0 aliphatic heterocycles. The van der Waals surface area contributed by atoms with Crippen molar-refractivity contribution in [1.82, 2.24) is 0 Å². The van der Waals surface area contributed by atoms with Crippen LogP contribution in [0.4, 0.5) is 21.9 Å². The second-order valence-electron chi connectivity index (χ2n) is 9.75. The third-order valence-corrected chi connectivity index (χ3v) is 6.86. The second kappa shape index (κ2) is 13.3. The Bertz CT molecular complexity index is 1370. The van der Waals surface area contributed by atoms with Crippen LogP contribution >= 0.6 is 22.6 Å². The first-order valence-electron chi connectivity index (χ1n) is 12.4. The summed E-state index contributed by atoms with van der Waals surface area (Å²) >= 11 is 2.14. The highest BCUT2D eigenvalue weighted by Gasteiger charge is 2.35. The molecule has 2 amide bonds. The number of allylic oxidation sites excluding steroid dienone is 1. The average molecular weight is 642 g/mol. The topological polar surface area (TPSA) is 131 Å². The number of Topliss-reactive ketones (excluding diaryl/α,β-unsaturated/α-hetero) is 1. The number of phenolic OH excluding ortho intramolecular Hbond substituents is 1. The zero-order chi connectivity index (χ0) is 28.6. The van der Waals surface area contributed by atoms with E-state index in [0.717, 1.165) is 3.57 Å². The summed E-state index contributed by atoms with van der Waals surface area (Å²) in [6.07, 6.45) is 2.76. The number of carbonyl (C=O) groups is 3. The first-order chi connectivity index (χ1) is 18.5. The van der Waals surface area contributed by atoms with Gasteiger partial charge in [0.05, 0.1) is 11.4 Å². The lowest BCUT2D eigenvalue weighted by molar-refractivity contribution is -0.111. The lowest BCUT2D eigenvalue weighted by Gasteiger charge is -2.34. The fourth-order valence-corrected chi connectivity index (χ4v) is 4.50. The first kappa shape index (κ1) is 29.7. The summed E-state index contributed by atoms with van der Waals surface area (Å²) in [5.41, 5.74) is 7.76. The molecule has 3 aromatic carbocycles. The van der Waals surface area contributed by atoms with Crippen LogP contribution < -0.4 is 16.4 Å². The van der Waals surface area contributed by atoms with E-state index in [2.05, 4.69) is 33.2 Å². The smallest absolute Gasteiger partial charge is 0.412 e. The van der Waals surface area contributed by atoms with Crippen LogP contribution in [0.5, 0.6) is 5.75 Å². The molecule has 3 aromatic rings. The number of benzene rings is 3. The van der Waals surface area contributed by atoms with E-state index >= 15 is 0 Å². The molecule has 0 heterocycles. The van der Waals surface area contributed by atoms with Crippen molar-refractivity contribution in [2.45, 2.75) is 39.7 Å². The van der Waals surface area contributed by atoms with Crippen molar-refractivity contribution in [1.29, 1.82) is 0 Å². The van der Waals surface area contributed by atoms with Crippen molar-refractivity contribution in [2.24, 2.45) is 5.41 Å². The molecule has 3 rings (SSSR count). The van der Waals surface area contributed by atoms with Gasteiger partial charge in [0.15, 0.2) is 5.78 Å². The first-order valence-corrected chi connectivity index (χ1v) is 13.4. The van der Waals surface area contributed by atoms with E-state index in [0.29, 0.717) is 41.0 Å². The fourth-order valence-electron chi connectivity index (χ4n) is 3.98. The van der Waals surface area contributed by atoms with E-state index < -0.39 is 17.6 Å². The molecule has 0 unspecified atom stereocenters. The van der Waals surface area contributed by atoms with Crippen molar-refractivity contribution in [3.05, 3.63) is 93.6 Å². The lowest BCUT2D eigenvalue weighted by Crippen LogP contribution is -2.29. The Morgan fingerprint density at radius 3 is 2.41 bits per heavy atom. The molecule has 1 atom stereocenters. The molecule has 0 radical (unpaired) electrons. The number of rotatable bonds is 10. The van der Waals surface area contributed by atoms with Gasteiger partial charge in [-0.05, 0) is 103 Å². The number of aromatic hydroxyl groups is 1. The third kappa shape index (κ3) is 8.57. The minimum atomic E-state index is -0.796. The largest absolute Gasteiger partial charge is 0.508 e. The van der Waals surface area contributed by atoms with E-state index in [1.165, 1.54) is 13.0 Å². The van der Waals surface area contributed by atoms with Gasteiger partial charge in [-0.1, -0.05) is 32.1 Å². The molecule has 0 fully saturated rings. The number of para-hydroxylation sites is 2. The maximum atomic E-state index is 12.9. The van der Waals surface area contributed by atoms with Crippen LogP contribution in [-0.4, -0.2) is 22.9 Å². The number of anilines is 3. The van der Waals surface area contributed by atoms with Crippen LogP contribution in [0.15, 0.2) is 78.9 Å². The molecule has 0 aromatic heterocycles. The molecule has 0 saturated carbocycles. The zero-order valence-electron chi connectivity index (χ0n) is 22.0. The normalized spacial score (nSPS) is 12.1. The Morgan fingerprint density at radius 2 is 1.74 bits per heavy atom. The van der Waals surface area contributed by atoms with Gasteiger partial charge in [0.25, 0.3) is 0 Å². The van der Waals surface area contributed by atoms with Crippen molar-refractivity contribution in [3.8, 4) is 5.75 Å². The van der Waals surface area contributed by atoms with Gasteiger partial charge in [0.2, 0.25) is 5.91 Å². The minimum absolute atomic E-state index is 0.0162. The maximum absolute atomic E-state index is 12.9. The van der Waals surface area contributed by atoms with E-state index in [-0.39, 0.29) is 17.4 Å². The molecule has 39 heavy (non-hydrogen) atoms. The standard InChI is InChI=1S/C30H32IN3O5/c1-19(35)20-11-14-22(15-12-20)33-29(38)39-28(23-18-21(31)13-16-26(23)36)30(2,3)17-7-6-10-27(37)34-25-9-5-4-8-24(25)32/h4-6,8-16,18,28,36H,7,17,32H2,1-3H3,(H,33,38)(H,34,37)/b10-6+/t28-/m1/s1. The highest BCUT2D eigenvalue weighted by molar-refractivity contribution is 14.1. The van der Waals surface area contributed by atoms with Crippen LogP contribution in [-0.2, 0) is 9.53 Å². The zero-order valence-corrected chi connectivity index (χ0v) is 24.2. The predicted octanol–water partition coefficient (Wildman–Crippen LogP) is 7.07. The summed E-state index contributed by atoms with van der Waals surface area (Å²) in [6, 6.07) is 18.6. The fraction of sp³-hybridized carbons (Fsp3) is 0.233. The molecule has 8 nitrogen and oxygen atoms in total. The monoisotopic (exact) mass is 641 g/mol. The Labute approximate surface area is 241 Å². The summed E-state index contributed by atoms with van der Waals surface area (Å²) in [7, 11) is 0. The number of hydrogen-bond donors (Lipinski definition) is 4. The SMILES string of the molecule is CC(=O)c1ccc(NC(=O)O[C@H](c2cc(I)ccc2O)C(C)(C)CC/C=C/C(=O)Nc2ccccc2N)cc1. The molecule has 0 bridgehead atoms. The number of amides is 2. The van der Waals surface area contributed by atoms with Crippen LogP contribution in [0.1, 0.15) is 55.6 Å². The number of nitrogens with two attached hydrogens (primary N) is 1. The molecule has 0 aliphatic rings. The van der Waals surface area contributed by atoms with Gasteiger partial charge in [-0.3, -0.25) is 14.9 Å². The van der Waals surface area contributed by atoms with E-state index in [1.807, 2.05) is 13.8 Å². The van der Waals surface area contributed by atoms with Crippen molar-refractivity contribution in [2.75, 3.05) is 16.4 Å². The maximum Gasteiger partial charge on any atom is 0.412 e. The molecular weight excluding hydrogens is 609 g/mol. The summed E-state index contributed by atoms with van der Waals surface area (Å²) < 4.78 is 6.77. The van der Waals surface area contributed by atoms with Crippen LogP contribution in [0.25, 0.3) is 0 Å². The van der Waals surface area contributed by atoms with Crippen LogP contribution in [0, 0.1) is 8.99 Å². The Kier molecular flexibility index (Phi) is 10.1. The quantitative estimate of drug-likeness (QED) is 0.0811. The molecule has 9 heteroatoms. The number of phenols is 1. The number of halogens is 1. The lowest BCUT2D eigenvalue weighted by atomic mass is 9.78. The molecule has 0 aliphatic carbocycles. The second-order valence-corrected chi connectivity index (χ2v) is 11.0. The molecule has 0 spiro atoms. The highest BCUT2D eigenvalue weighted by Crippen LogP contribution is 2.44. The Hall–Kier alpha value is -3.86. The van der Waals surface area contributed by atoms with Crippen LogP contribution in [0.3, 0.4) is 0 Å². The van der Waals surface area contributed by atoms with Gasteiger partial charge in [-0.15, -0.1) is 0 Å². The van der Waals surface area contributed by atoms with E-state index in [9.17, 15) is 19.5 Å². The number of carbonyl (C=O) groups excluding carboxylic acids is 3. The van der Waals surface area contributed by atoms with Gasteiger partial charge < -0.3 is 20.9 Å². The average Bonchev–Trinajstić information content (AvgIpc) is 2.88. The molecule has 204 valence electrons. The highest BCUT2D eigenvalue weighted by atomic mass is 127. The van der Waals surface area contributed by atoms with Gasteiger partial charge in [0.1, 0.15) is 11.9 Å². The number of nitrogens with one attached hydrogen (secondary N) is 2. The summed E-state index contributed by atoms with van der Waals surface area (Å²) in [4.78, 5) is 36.8. The summed E-state index contributed by atoms with van der Waals surface area (Å²) in [5, 5.41) is 16.1. The molecule has 5 N–H and O–H groups in total. The molecular formula is C30H32IN3O5. The third-order valence-electron chi connectivity index (χ3n) is 6.19. The van der Waals surface area contributed by atoms with Gasteiger partial charge in [-0.25, -0.2) is 4.79 Å². The summed E-state index contributed by atoms with van der Waals surface area (Å²) in [6.45, 7) is 5.34. The van der Waals surface area contributed by atoms with Gasteiger partial charge >= 0.3 is 6.09 Å². The van der Waals surface area contributed by atoms with Crippen molar-refractivity contribution >= 4 is 57.4 Å².